The number of benzene rings is 1. The van der Waals surface area contributed by atoms with Crippen LogP contribution in [0.2, 0.25) is 0 Å². The van der Waals surface area contributed by atoms with Gasteiger partial charge in [0.05, 0.1) is 11.5 Å². The predicted octanol–water partition coefficient (Wildman–Crippen LogP) is 2.52. The molecule has 2 heterocycles. The Balaban J connectivity index is 1.85. The molecule has 21 heavy (non-hydrogen) atoms. The van der Waals surface area contributed by atoms with Crippen LogP contribution in [-0.4, -0.2) is 29.6 Å². The van der Waals surface area contributed by atoms with E-state index in [-0.39, 0.29) is 5.69 Å². The molecule has 2 aromatic rings. The first-order valence-electron chi connectivity index (χ1n) is 7.11. The maximum atomic E-state index is 11.0. The molecule has 1 aromatic heterocycles. The van der Waals surface area contributed by atoms with Crippen LogP contribution < -0.4 is 10.1 Å². The maximum Gasteiger partial charge on any atom is 0.295 e. The zero-order chi connectivity index (χ0) is 14.7. The maximum absolute atomic E-state index is 11.0. The van der Waals surface area contributed by atoms with Gasteiger partial charge in [0, 0.05) is 17.6 Å². The van der Waals surface area contributed by atoms with Crippen molar-refractivity contribution in [1.82, 2.24) is 10.3 Å². The lowest BCUT2D eigenvalue weighted by Crippen LogP contribution is -2.30. The molecule has 0 radical (unpaired) electrons. The van der Waals surface area contributed by atoms with Crippen LogP contribution >= 0.6 is 0 Å². The Morgan fingerprint density at radius 1 is 1.33 bits per heavy atom. The van der Waals surface area contributed by atoms with Gasteiger partial charge in [0.1, 0.15) is 5.75 Å². The van der Waals surface area contributed by atoms with Crippen LogP contribution in [0.5, 0.6) is 5.75 Å². The molecule has 1 aliphatic rings. The van der Waals surface area contributed by atoms with E-state index < -0.39 is 4.92 Å². The number of hydrogen-bond acceptors (Lipinski definition) is 5. The summed E-state index contributed by atoms with van der Waals surface area (Å²) in [5.74, 6) is 1.20. The number of rotatable bonds is 4. The average molecular weight is 287 g/mol. The van der Waals surface area contributed by atoms with E-state index in [1.807, 2.05) is 6.07 Å². The number of nitrogens with one attached hydrogen (secondary N) is 1. The second kappa shape index (κ2) is 6.05. The van der Waals surface area contributed by atoms with Gasteiger partial charge < -0.3 is 10.1 Å². The molecule has 1 saturated heterocycles. The zero-order valence-electron chi connectivity index (χ0n) is 11.6. The van der Waals surface area contributed by atoms with E-state index in [9.17, 15) is 10.1 Å². The minimum absolute atomic E-state index is 0.0137. The summed E-state index contributed by atoms with van der Waals surface area (Å²) in [5.41, 5.74) is 0.394. The van der Waals surface area contributed by atoms with E-state index in [0.717, 1.165) is 25.9 Å². The lowest BCUT2D eigenvalue weighted by atomic mass is 9.99. The number of non-ortho nitro benzene ring substituents is 1. The fourth-order valence-corrected chi connectivity index (χ4v) is 2.66. The molecular weight excluding hydrogens is 270 g/mol. The highest BCUT2D eigenvalue weighted by Crippen LogP contribution is 2.30. The zero-order valence-corrected chi connectivity index (χ0v) is 11.6. The number of hydrogen-bond donors (Lipinski definition) is 1. The number of nitro groups is 1. The average Bonchev–Trinajstić information content (AvgIpc) is 2.53. The molecule has 0 saturated carbocycles. The third-order valence-corrected chi connectivity index (χ3v) is 3.84. The summed E-state index contributed by atoms with van der Waals surface area (Å²) >= 11 is 0. The van der Waals surface area contributed by atoms with Crippen LogP contribution in [0, 0.1) is 16.0 Å². The molecule has 1 aliphatic heterocycles. The number of piperidine rings is 1. The Hall–Kier alpha value is -2.21. The summed E-state index contributed by atoms with van der Waals surface area (Å²) in [4.78, 5) is 14.8. The van der Waals surface area contributed by atoms with Gasteiger partial charge in [0.25, 0.3) is 5.69 Å². The van der Waals surface area contributed by atoms with Crippen molar-refractivity contribution in [1.29, 1.82) is 0 Å². The molecule has 0 unspecified atom stereocenters. The third kappa shape index (κ3) is 2.95. The highest BCUT2D eigenvalue weighted by atomic mass is 16.6. The largest absolute Gasteiger partial charge is 0.493 e. The van der Waals surface area contributed by atoms with E-state index in [4.69, 9.17) is 4.74 Å². The van der Waals surface area contributed by atoms with E-state index in [0.29, 0.717) is 29.2 Å². The summed E-state index contributed by atoms with van der Waals surface area (Å²) in [7, 11) is 0. The first kappa shape index (κ1) is 13.8. The lowest BCUT2D eigenvalue weighted by molar-refractivity contribution is -0.383. The Kier molecular flexibility index (Phi) is 3.96. The van der Waals surface area contributed by atoms with Crippen LogP contribution in [0.1, 0.15) is 12.8 Å². The predicted molar refractivity (Wildman–Crippen MR) is 79.5 cm³/mol. The number of nitrogens with zero attached hydrogens (tertiary/aromatic N) is 2. The minimum atomic E-state index is -0.411. The van der Waals surface area contributed by atoms with Crippen LogP contribution in [0.3, 0.4) is 0 Å². The molecule has 1 fully saturated rings. The fraction of sp³-hybridized carbons (Fsp3) is 0.400. The van der Waals surface area contributed by atoms with E-state index in [1.54, 1.807) is 18.3 Å². The van der Waals surface area contributed by atoms with Gasteiger partial charge in [-0.3, -0.25) is 10.1 Å². The number of nitro benzene ring substituents is 1. The van der Waals surface area contributed by atoms with Crippen LogP contribution in [0.4, 0.5) is 5.69 Å². The van der Waals surface area contributed by atoms with Gasteiger partial charge >= 0.3 is 0 Å². The van der Waals surface area contributed by atoms with Crippen LogP contribution in [-0.2, 0) is 0 Å². The minimum Gasteiger partial charge on any atom is -0.493 e. The van der Waals surface area contributed by atoms with Gasteiger partial charge in [0.15, 0.2) is 5.52 Å². The number of aromatic nitrogens is 1. The molecule has 110 valence electrons. The van der Waals surface area contributed by atoms with Gasteiger partial charge in [-0.25, -0.2) is 4.98 Å². The van der Waals surface area contributed by atoms with Gasteiger partial charge in [-0.05, 0) is 44.0 Å². The Bertz CT molecular complexity index is 654. The van der Waals surface area contributed by atoms with Crippen molar-refractivity contribution >= 4 is 16.6 Å². The van der Waals surface area contributed by atoms with Gasteiger partial charge in [0.2, 0.25) is 0 Å². The summed E-state index contributed by atoms with van der Waals surface area (Å²) < 4.78 is 5.90. The van der Waals surface area contributed by atoms with Crippen molar-refractivity contribution in [3.8, 4) is 5.75 Å². The SMILES string of the molecule is O=[N+]([O-])c1cccc2c(OCC3CCNCC3)ccnc12. The highest BCUT2D eigenvalue weighted by molar-refractivity contribution is 5.91. The second-order valence-corrected chi connectivity index (χ2v) is 5.24. The molecule has 6 nitrogen and oxygen atoms in total. The summed E-state index contributed by atoms with van der Waals surface area (Å²) in [6.07, 6.45) is 3.76. The number of pyridine rings is 1. The molecule has 0 spiro atoms. The van der Waals surface area contributed by atoms with Crippen molar-refractivity contribution in [2.45, 2.75) is 12.8 Å². The molecule has 1 aromatic carbocycles. The molecule has 0 bridgehead atoms. The van der Waals surface area contributed by atoms with Crippen LogP contribution in [0.25, 0.3) is 10.9 Å². The van der Waals surface area contributed by atoms with Gasteiger partial charge in [-0.15, -0.1) is 0 Å². The van der Waals surface area contributed by atoms with Gasteiger partial charge in [-0.1, -0.05) is 6.07 Å². The second-order valence-electron chi connectivity index (χ2n) is 5.24. The Morgan fingerprint density at radius 3 is 2.90 bits per heavy atom. The first-order valence-corrected chi connectivity index (χ1v) is 7.11. The standard InChI is InChI=1S/C15H17N3O3/c19-18(20)13-3-1-2-12-14(6-9-17-15(12)13)21-10-11-4-7-16-8-5-11/h1-3,6,9,11,16H,4-5,7-8,10H2. The van der Waals surface area contributed by atoms with Crippen molar-refractivity contribution < 1.29 is 9.66 Å². The highest BCUT2D eigenvalue weighted by Gasteiger charge is 2.17. The monoisotopic (exact) mass is 287 g/mol. The van der Waals surface area contributed by atoms with E-state index >= 15 is 0 Å². The molecule has 1 N–H and O–H groups in total. The molecule has 0 amide bonds. The number of fused-ring (bicyclic) bond motifs is 1. The van der Waals surface area contributed by atoms with Crippen molar-refractivity contribution in [3.05, 3.63) is 40.6 Å². The topological polar surface area (TPSA) is 77.3 Å². The van der Waals surface area contributed by atoms with E-state index in [2.05, 4.69) is 10.3 Å². The van der Waals surface area contributed by atoms with Crippen molar-refractivity contribution in [3.63, 3.8) is 0 Å². The number of para-hydroxylation sites is 1. The Morgan fingerprint density at radius 2 is 2.14 bits per heavy atom. The quantitative estimate of drug-likeness (QED) is 0.690. The molecule has 0 atom stereocenters. The summed E-state index contributed by atoms with van der Waals surface area (Å²) in [6.45, 7) is 2.69. The number of ether oxygens (including phenoxy) is 1. The summed E-state index contributed by atoms with van der Waals surface area (Å²) in [5, 5.41) is 15.1. The van der Waals surface area contributed by atoms with Crippen molar-refractivity contribution in [2.24, 2.45) is 5.92 Å². The third-order valence-electron chi connectivity index (χ3n) is 3.84. The summed E-state index contributed by atoms with van der Waals surface area (Å²) in [6, 6.07) is 6.71. The van der Waals surface area contributed by atoms with E-state index in [1.165, 1.54) is 6.07 Å². The van der Waals surface area contributed by atoms with Crippen molar-refractivity contribution in [2.75, 3.05) is 19.7 Å². The van der Waals surface area contributed by atoms with Gasteiger partial charge in [-0.2, -0.15) is 0 Å². The first-order chi connectivity index (χ1) is 10.3. The molecule has 0 aliphatic carbocycles. The normalized spacial score (nSPS) is 16.0. The molecule has 6 heteroatoms. The molecule has 3 rings (SSSR count). The lowest BCUT2D eigenvalue weighted by Gasteiger charge is -2.22. The van der Waals surface area contributed by atoms with Crippen LogP contribution in [0.15, 0.2) is 30.5 Å². The Labute approximate surface area is 122 Å². The molecular formula is C15H17N3O3. The smallest absolute Gasteiger partial charge is 0.295 e. The fourth-order valence-electron chi connectivity index (χ4n) is 2.66.